The summed E-state index contributed by atoms with van der Waals surface area (Å²) in [5, 5.41) is 4.62. The SMILES string of the molecule is CC(C)(C)OC(=O)N1CCC(Nc2ccc3cccnc3c2)C1. The first-order chi connectivity index (χ1) is 10.9. The highest BCUT2D eigenvalue weighted by Crippen LogP contribution is 2.21. The van der Waals surface area contributed by atoms with Gasteiger partial charge in [-0.05, 0) is 45.4 Å². The van der Waals surface area contributed by atoms with Crippen molar-refractivity contribution in [3.05, 3.63) is 36.5 Å². The second kappa shape index (κ2) is 6.07. The lowest BCUT2D eigenvalue weighted by molar-refractivity contribution is 0.0293. The molecule has 23 heavy (non-hydrogen) atoms. The van der Waals surface area contributed by atoms with Gasteiger partial charge in [0.25, 0.3) is 0 Å². The highest BCUT2D eigenvalue weighted by molar-refractivity contribution is 5.82. The van der Waals surface area contributed by atoms with E-state index in [-0.39, 0.29) is 12.1 Å². The smallest absolute Gasteiger partial charge is 0.410 e. The summed E-state index contributed by atoms with van der Waals surface area (Å²) in [6.45, 7) is 7.05. The number of fused-ring (bicyclic) bond motifs is 1. The molecule has 3 rings (SSSR count). The van der Waals surface area contributed by atoms with Crippen molar-refractivity contribution in [2.75, 3.05) is 18.4 Å². The molecule has 1 atom stereocenters. The van der Waals surface area contributed by atoms with Crippen LogP contribution in [0.5, 0.6) is 0 Å². The molecule has 2 aromatic rings. The number of benzene rings is 1. The monoisotopic (exact) mass is 313 g/mol. The molecular formula is C18H23N3O2. The predicted octanol–water partition coefficient (Wildman–Crippen LogP) is 3.66. The van der Waals surface area contributed by atoms with E-state index in [1.54, 1.807) is 11.1 Å². The molecular weight excluding hydrogens is 290 g/mol. The number of rotatable bonds is 2. The lowest BCUT2D eigenvalue weighted by Crippen LogP contribution is -2.36. The summed E-state index contributed by atoms with van der Waals surface area (Å²) in [5.74, 6) is 0. The van der Waals surface area contributed by atoms with Crippen LogP contribution >= 0.6 is 0 Å². The third kappa shape index (κ3) is 3.92. The number of ether oxygens (including phenoxy) is 1. The molecule has 0 saturated carbocycles. The fraction of sp³-hybridized carbons (Fsp3) is 0.444. The van der Waals surface area contributed by atoms with Crippen LogP contribution in [0.3, 0.4) is 0 Å². The van der Waals surface area contributed by atoms with Crippen molar-refractivity contribution in [3.63, 3.8) is 0 Å². The number of aromatic nitrogens is 1. The van der Waals surface area contributed by atoms with Crippen molar-refractivity contribution in [2.24, 2.45) is 0 Å². The topological polar surface area (TPSA) is 54.5 Å². The zero-order chi connectivity index (χ0) is 16.4. The van der Waals surface area contributed by atoms with E-state index in [0.29, 0.717) is 6.54 Å². The molecule has 0 aliphatic carbocycles. The van der Waals surface area contributed by atoms with Crippen LogP contribution < -0.4 is 5.32 Å². The van der Waals surface area contributed by atoms with Crippen LogP contribution in [-0.2, 0) is 4.74 Å². The maximum atomic E-state index is 12.1. The minimum absolute atomic E-state index is 0.234. The Morgan fingerprint density at radius 2 is 2.17 bits per heavy atom. The molecule has 5 heteroatoms. The van der Waals surface area contributed by atoms with Crippen LogP contribution in [0.2, 0.25) is 0 Å². The first kappa shape index (κ1) is 15.6. The van der Waals surface area contributed by atoms with Gasteiger partial charge in [0.1, 0.15) is 5.60 Å². The number of carbonyl (C=O) groups is 1. The fourth-order valence-electron chi connectivity index (χ4n) is 2.76. The van der Waals surface area contributed by atoms with Gasteiger partial charge in [-0.25, -0.2) is 4.79 Å². The molecule has 0 spiro atoms. The predicted molar refractivity (Wildman–Crippen MR) is 91.6 cm³/mol. The van der Waals surface area contributed by atoms with Crippen LogP contribution in [0.25, 0.3) is 10.9 Å². The molecule has 1 aromatic heterocycles. The quantitative estimate of drug-likeness (QED) is 0.919. The van der Waals surface area contributed by atoms with E-state index in [1.165, 1.54) is 0 Å². The van der Waals surface area contributed by atoms with Crippen LogP contribution in [0.1, 0.15) is 27.2 Å². The molecule has 1 unspecified atom stereocenters. The number of pyridine rings is 1. The van der Waals surface area contributed by atoms with Crippen molar-refractivity contribution in [1.82, 2.24) is 9.88 Å². The molecule has 0 bridgehead atoms. The number of hydrogen-bond donors (Lipinski definition) is 1. The van der Waals surface area contributed by atoms with Gasteiger partial charge in [0.05, 0.1) is 5.52 Å². The van der Waals surface area contributed by atoms with Crippen molar-refractivity contribution in [3.8, 4) is 0 Å². The van der Waals surface area contributed by atoms with Crippen LogP contribution in [-0.4, -0.2) is 40.7 Å². The van der Waals surface area contributed by atoms with Crippen LogP contribution in [0.4, 0.5) is 10.5 Å². The Morgan fingerprint density at radius 3 is 2.96 bits per heavy atom. The van der Waals surface area contributed by atoms with E-state index in [9.17, 15) is 4.79 Å². The van der Waals surface area contributed by atoms with Crippen molar-refractivity contribution >= 4 is 22.7 Å². The maximum Gasteiger partial charge on any atom is 0.410 e. The first-order valence-electron chi connectivity index (χ1n) is 8.00. The molecule has 1 aliphatic heterocycles. The summed E-state index contributed by atoms with van der Waals surface area (Å²) in [4.78, 5) is 18.2. The van der Waals surface area contributed by atoms with E-state index in [0.717, 1.165) is 29.6 Å². The Bertz CT molecular complexity index is 709. The number of amides is 1. The van der Waals surface area contributed by atoms with E-state index in [1.807, 2.05) is 39.0 Å². The number of likely N-dealkylation sites (tertiary alicyclic amines) is 1. The van der Waals surface area contributed by atoms with Crippen molar-refractivity contribution in [1.29, 1.82) is 0 Å². The molecule has 1 aromatic carbocycles. The Kier molecular flexibility index (Phi) is 4.11. The highest BCUT2D eigenvalue weighted by atomic mass is 16.6. The minimum atomic E-state index is -0.452. The second-order valence-corrected chi connectivity index (χ2v) is 6.97. The third-order valence-electron chi connectivity index (χ3n) is 3.82. The van der Waals surface area contributed by atoms with Gasteiger partial charge < -0.3 is 15.0 Å². The van der Waals surface area contributed by atoms with Crippen molar-refractivity contribution in [2.45, 2.75) is 38.8 Å². The molecule has 1 fully saturated rings. The number of anilines is 1. The maximum absolute atomic E-state index is 12.1. The van der Waals surface area contributed by atoms with Gasteiger partial charge in [-0.3, -0.25) is 4.98 Å². The molecule has 0 radical (unpaired) electrons. The zero-order valence-electron chi connectivity index (χ0n) is 13.9. The standard InChI is InChI=1S/C18H23N3O2/c1-18(2,3)23-17(22)21-10-8-15(12-21)20-14-7-6-13-5-4-9-19-16(13)11-14/h4-7,9,11,15,20H,8,10,12H2,1-3H3. The first-order valence-corrected chi connectivity index (χ1v) is 8.00. The van der Waals surface area contributed by atoms with Gasteiger partial charge in [0.2, 0.25) is 0 Å². The van der Waals surface area contributed by atoms with E-state index < -0.39 is 5.60 Å². The summed E-state index contributed by atoms with van der Waals surface area (Å²) >= 11 is 0. The van der Waals surface area contributed by atoms with Gasteiger partial charge in [0, 0.05) is 36.4 Å². The number of hydrogen-bond acceptors (Lipinski definition) is 4. The summed E-state index contributed by atoms with van der Waals surface area (Å²) < 4.78 is 5.43. The Balaban J connectivity index is 1.61. The summed E-state index contributed by atoms with van der Waals surface area (Å²) in [5.41, 5.74) is 1.55. The average molecular weight is 313 g/mol. The summed E-state index contributed by atoms with van der Waals surface area (Å²) in [6.07, 6.45) is 2.48. The van der Waals surface area contributed by atoms with Gasteiger partial charge in [0.15, 0.2) is 0 Å². The van der Waals surface area contributed by atoms with Gasteiger partial charge >= 0.3 is 6.09 Å². The molecule has 122 valence electrons. The number of carbonyl (C=O) groups excluding carboxylic acids is 1. The third-order valence-corrected chi connectivity index (χ3v) is 3.82. The van der Waals surface area contributed by atoms with Crippen molar-refractivity contribution < 1.29 is 9.53 Å². The Morgan fingerprint density at radius 1 is 1.35 bits per heavy atom. The van der Waals surface area contributed by atoms with Gasteiger partial charge in [-0.2, -0.15) is 0 Å². The normalized spacial score (nSPS) is 18.2. The van der Waals surface area contributed by atoms with Gasteiger partial charge in [-0.15, -0.1) is 0 Å². The molecule has 2 heterocycles. The Labute approximate surface area is 136 Å². The fourth-order valence-corrected chi connectivity index (χ4v) is 2.76. The zero-order valence-corrected chi connectivity index (χ0v) is 13.9. The minimum Gasteiger partial charge on any atom is -0.444 e. The molecule has 1 N–H and O–H groups in total. The largest absolute Gasteiger partial charge is 0.444 e. The number of nitrogens with zero attached hydrogens (tertiary/aromatic N) is 2. The van der Waals surface area contributed by atoms with E-state index >= 15 is 0 Å². The Hall–Kier alpha value is -2.30. The molecule has 1 aliphatic rings. The highest BCUT2D eigenvalue weighted by Gasteiger charge is 2.29. The lowest BCUT2D eigenvalue weighted by atomic mass is 10.2. The van der Waals surface area contributed by atoms with Crippen LogP contribution in [0.15, 0.2) is 36.5 Å². The average Bonchev–Trinajstić information content (AvgIpc) is 2.94. The van der Waals surface area contributed by atoms with E-state index in [2.05, 4.69) is 22.4 Å². The molecule has 5 nitrogen and oxygen atoms in total. The number of nitrogens with one attached hydrogen (secondary N) is 1. The molecule has 1 amide bonds. The molecule has 1 saturated heterocycles. The van der Waals surface area contributed by atoms with Crippen LogP contribution in [0, 0.1) is 0 Å². The summed E-state index contributed by atoms with van der Waals surface area (Å²) in [7, 11) is 0. The second-order valence-electron chi connectivity index (χ2n) is 6.97. The van der Waals surface area contributed by atoms with E-state index in [4.69, 9.17) is 4.74 Å². The lowest BCUT2D eigenvalue weighted by Gasteiger charge is -2.24. The summed E-state index contributed by atoms with van der Waals surface area (Å²) in [6, 6.07) is 10.4. The van der Waals surface area contributed by atoms with Gasteiger partial charge in [-0.1, -0.05) is 12.1 Å².